The van der Waals surface area contributed by atoms with Crippen LogP contribution in [0.1, 0.15) is 21.8 Å². The summed E-state index contributed by atoms with van der Waals surface area (Å²) >= 11 is 0. The van der Waals surface area contributed by atoms with E-state index in [0.717, 1.165) is 17.7 Å². The molecule has 0 saturated heterocycles. The number of carbonyl (C=O) groups excluding carboxylic acids is 1. The maximum absolute atomic E-state index is 12.1. The van der Waals surface area contributed by atoms with Gasteiger partial charge in [0.1, 0.15) is 11.5 Å². The van der Waals surface area contributed by atoms with Gasteiger partial charge in [-0.15, -0.1) is 0 Å². The fourth-order valence-electron chi connectivity index (χ4n) is 2.63. The molecule has 146 valence electrons. The zero-order valence-corrected chi connectivity index (χ0v) is 16.0. The smallest absolute Gasteiger partial charge is 0.275 e. The molecule has 0 saturated carbocycles. The third-order valence-corrected chi connectivity index (χ3v) is 4.06. The Balaban J connectivity index is 1.52. The molecule has 3 aromatic rings. The molecular formula is C20H22N4O4. The number of rotatable bonds is 8. The first-order valence-electron chi connectivity index (χ1n) is 8.74. The first kappa shape index (κ1) is 19.2. The van der Waals surface area contributed by atoms with Gasteiger partial charge in [-0.2, -0.15) is 0 Å². The second kappa shape index (κ2) is 8.90. The van der Waals surface area contributed by atoms with Crippen molar-refractivity contribution in [2.24, 2.45) is 0 Å². The third-order valence-electron chi connectivity index (χ3n) is 4.06. The molecule has 0 bridgehead atoms. The second-order valence-corrected chi connectivity index (χ2v) is 6.08. The molecule has 0 radical (unpaired) electrons. The largest absolute Gasteiger partial charge is 0.493 e. The van der Waals surface area contributed by atoms with Crippen LogP contribution in [0.2, 0.25) is 0 Å². The molecule has 1 aromatic carbocycles. The molecule has 0 aliphatic heterocycles. The SMILES string of the molecule is COc1ccc(CCNc2ccc(C(=O)Nc3cc(C)on3)nc2)cc1OC. The number of ether oxygens (including phenoxy) is 2. The quantitative estimate of drug-likeness (QED) is 0.617. The van der Waals surface area contributed by atoms with Crippen LogP contribution in [0.5, 0.6) is 11.5 Å². The van der Waals surface area contributed by atoms with Gasteiger partial charge in [-0.25, -0.2) is 4.98 Å². The Morgan fingerprint density at radius 3 is 2.57 bits per heavy atom. The average molecular weight is 382 g/mol. The predicted octanol–water partition coefficient (Wildman–Crippen LogP) is 3.30. The van der Waals surface area contributed by atoms with E-state index in [-0.39, 0.29) is 5.91 Å². The molecule has 0 fully saturated rings. The summed E-state index contributed by atoms with van der Waals surface area (Å²) < 4.78 is 15.5. The Morgan fingerprint density at radius 1 is 1.11 bits per heavy atom. The Labute approximate surface area is 162 Å². The molecule has 0 spiro atoms. The number of aromatic nitrogens is 2. The first-order chi connectivity index (χ1) is 13.6. The highest BCUT2D eigenvalue weighted by atomic mass is 16.5. The van der Waals surface area contributed by atoms with Crippen molar-refractivity contribution >= 4 is 17.4 Å². The minimum atomic E-state index is -0.342. The van der Waals surface area contributed by atoms with Crippen LogP contribution in [-0.4, -0.2) is 36.8 Å². The van der Waals surface area contributed by atoms with Crippen molar-refractivity contribution in [1.29, 1.82) is 0 Å². The van der Waals surface area contributed by atoms with E-state index in [4.69, 9.17) is 14.0 Å². The molecule has 8 heteroatoms. The fourth-order valence-corrected chi connectivity index (χ4v) is 2.63. The summed E-state index contributed by atoms with van der Waals surface area (Å²) in [4.78, 5) is 16.3. The zero-order chi connectivity index (χ0) is 19.9. The average Bonchev–Trinajstić information content (AvgIpc) is 3.12. The van der Waals surface area contributed by atoms with Crippen molar-refractivity contribution in [1.82, 2.24) is 10.1 Å². The van der Waals surface area contributed by atoms with Crippen LogP contribution in [0, 0.1) is 6.92 Å². The molecule has 8 nitrogen and oxygen atoms in total. The fraction of sp³-hybridized carbons (Fsp3) is 0.250. The van der Waals surface area contributed by atoms with E-state index in [2.05, 4.69) is 20.8 Å². The van der Waals surface area contributed by atoms with E-state index in [1.807, 2.05) is 24.3 Å². The maximum atomic E-state index is 12.1. The van der Waals surface area contributed by atoms with Crippen molar-refractivity contribution < 1.29 is 18.8 Å². The van der Waals surface area contributed by atoms with E-state index in [0.29, 0.717) is 35.3 Å². The lowest BCUT2D eigenvalue weighted by molar-refractivity contribution is 0.102. The maximum Gasteiger partial charge on any atom is 0.275 e. The Kier molecular flexibility index (Phi) is 6.11. The lowest BCUT2D eigenvalue weighted by atomic mass is 10.1. The third kappa shape index (κ3) is 4.79. The summed E-state index contributed by atoms with van der Waals surface area (Å²) in [6, 6.07) is 10.9. The van der Waals surface area contributed by atoms with Crippen molar-refractivity contribution in [3.63, 3.8) is 0 Å². The number of nitrogens with zero attached hydrogens (tertiary/aromatic N) is 2. The first-order valence-corrected chi connectivity index (χ1v) is 8.74. The summed E-state index contributed by atoms with van der Waals surface area (Å²) in [6.07, 6.45) is 2.42. The van der Waals surface area contributed by atoms with Gasteiger partial charge in [0, 0.05) is 12.6 Å². The molecule has 0 unspecified atom stereocenters. The molecule has 0 atom stereocenters. The van der Waals surface area contributed by atoms with Crippen molar-refractivity contribution in [3.8, 4) is 11.5 Å². The normalized spacial score (nSPS) is 10.4. The van der Waals surface area contributed by atoms with Crippen molar-refractivity contribution in [3.05, 3.63) is 59.6 Å². The molecule has 2 N–H and O–H groups in total. The van der Waals surface area contributed by atoms with Crippen molar-refractivity contribution in [2.75, 3.05) is 31.4 Å². The lowest BCUT2D eigenvalue weighted by Gasteiger charge is -2.10. The van der Waals surface area contributed by atoms with Gasteiger partial charge < -0.3 is 24.6 Å². The number of methoxy groups -OCH3 is 2. The number of benzene rings is 1. The van der Waals surface area contributed by atoms with Gasteiger partial charge in [0.05, 0.1) is 26.1 Å². The summed E-state index contributed by atoms with van der Waals surface area (Å²) in [5, 5.41) is 9.65. The topological polar surface area (TPSA) is 98.5 Å². The molecule has 2 aromatic heterocycles. The van der Waals surface area contributed by atoms with Crippen LogP contribution in [-0.2, 0) is 6.42 Å². The molecule has 2 heterocycles. The van der Waals surface area contributed by atoms with Gasteiger partial charge in [0.15, 0.2) is 17.3 Å². The van der Waals surface area contributed by atoms with E-state index < -0.39 is 0 Å². The van der Waals surface area contributed by atoms with Gasteiger partial charge in [0.25, 0.3) is 5.91 Å². The number of anilines is 2. The van der Waals surface area contributed by atoms with Crippen LogP contribution in [0.15, 0.2) is 47.1 Å². The highest BCUT2D eigenvalue weighted by Gasteiger charge is 2.10. The minimum Gasteiger partial charge on any atom is -0.493 e. The van der Waals surface area contributed by atoms with Gasteiger partial charge in [-0.1, -0.05) is 11.2 Å². The van der Waals surface area contributed by atoms with Gasteiger partial charge in [-0.3, -0.25) is 4.79 Å². The van der Waals surface area contributed by atoms with Crippen molar-refractivity contribution in [2.45, 2.75) is 13.3 Å². The van der Waals surface area contributed by atoms with Crippen LogP contribution in [0.4, 0.5) is 11.5 Å². The molecular weight excluding hydrogens is 360 g/mol. The van der Waals surface area contributed by atoms with E-state index >= 15 is 0 Å². The summed E-state index contributed by atoms with van der Waals surface area (Å²) in [5.41, 5.74) is 2.25. The van der Waals surface area contributed by atoms with Crippen LogP contribution in [0.25, 0.3) is 0 Å². The Hall–Kier alpha value is -3.55. The highest BCUT2D eigenvalue weighted by molar-refractivity contribution is 6.02. The molecule has 28 heavy (non-hydrogen) atoms. The number of pyridine rings is 1. The molecule has 0 aliphatic carbocycles. The summed E-state index contributed by atoms with van der Waals surface area (Å²) in [5.74, 6) is 2.06. The molecule has 0 aliphatic rings. The van der Waals surface area contributed by atoms with E-state index in [9.17, 15) is 4.79 Å². The number of nitrogens with one attached hydrogen (secondary N) is 2. The van der Waals surface area contributed by atoms with E-state index in [1.165, 1.54) is 0 Å². The lowest BCUT2D eigenvalue weighted by Crippen LogP contribution is -2.14. The zero-order valence-electron chi connectivity index (χ0n) is 16.0. The summed E-state index contributed by atoms with van der Waals surface area (Å²) in [7, 11) is 3.23. The van der Waals surface area contributed by atoms with Gasteiger partial charge in [0.2, 0.25) is 0 Å². The van der Waals surface area contributed by atoms with Crippen LogP contribution < -0.4 is 20.1 Å². The number of hydrogen-bond acceptors (Lipinski definition) is 7. The van der Waals surface area contributed by atoms with E-state index in [1.54, 1.807) is 39.5 Å². The number of carbonyl (C=O) groups is 1. The van der Waals surface area contributed by atoms with Crippen LogP contribution >= 0.6 is 0 Å². The molecule has 3 rings (SSSR count). The van der Waals surface area contributed by atoms with Gasteiger partial charge in [-0.05, 0) is 43.2 Å². The number of aryl methyl sites for hydroxylation is 1. The standard InChI is InChI=1S/C20H22N4O4/c1-13-10-19(24-28-13)23-20(25)16-6-5-15(12-22-16)21-9-8-14-4-7-17(26-2)18(11-14)27-3/h4-7,10-12,21H,8-9H2,1-3H3,(H,23,24,25). The molecule has 1 amide bonds. The Morgan fingerprint density at radius 2 is 1.93 bits per heavy atom. The monoisotopic (exact) mass is 382 g/mol. The summed E-state index contributed by atoms with van der Waals surface area (Å²) in [6.45, 7) is 2.46. The number of hydrogen-bond donors (Lipinski definition) is 2. The van der Waals surface area contributed by atoms with Gasteiger partial charge >= 0.3 is 0 Å². The minimum absolute atomic E-state index is 0.297. The second-order valence-electron chi connectivity index (χ2n) is 6.08. The predicted molar refractivity (Wildman–Crippen MR) is 105 cm³/mol. The Bertz CT molecular complexity index is 938. The van der Waals surface area contributed by atoms with Crippen LogP contribution in [0.3, 0.4) is 0 Å². The highest BCUT2D eigenvalue weighted by Crippen LogP contribution is 2.27. The number of amides is 1.